The molecule has 2 aliphatic heterocycles. The van der Waals surface area contributed by atoms with Crippen molar-refractivity contribution in [1.82, 2.24) is 15.2 Å². The minimum Gasteiger partial charge on any atom is -0.368 e. The van der Waals surface area contributed by atoms with E-state index >= 15 is 0 Å². The molecule has 2 fully saturated rings. The van der Waals surface area contributed by atoms with Crippen molar-refractivity contribution < 1.29 is 9.53 Å². The van der Waals surface area contributed by atoms with Crippen LogP contribution in [0.2, 0.25) is 0 Å². The largest absolute Gasteiger partial charge is 0.368 e. The Morgan fingerprint density at radius 3 is 3.21 bits per heavy atom. The Labute approximate surface area is 113 Å². The predicted molar refractivity (Wildman–Crippen MR) is 70.5 cm³/mol. The number of hydrogen-bond donors (Lipinski definition) is 1. The number of amides is 1. The van der Waals surface area contributed by atoms with Crippen molar-refractivity contribution in [3.05, 3.63) is 30.1 Å². The zero-order valence-corrected chi connectivity index (χ0v) is 10.9. The van der Waals surface area contributed by atoms with Gasteiger partial charge in [0.15, 0.2) is 0 Å². The second-order valence-corrected chi connectivity index (χ2v) is 5.04. The van der Waals surface area contributed by atoms with E-state index in [0.29, 0.717) is 6.61 Å². The first-order valence-electron chi connectivity index (χ1n) is 6.89. The van der Waals surface area contributed by atoms with Crippen LogP contribution in [-0.4, -0.2) is 48.1 Å². The van der Waals surface area contributed by atoms with Crippen LogP contribution >= 0.6 is 0 Å². The first-order valence-corrected chi connectivity index (χ1v) is 6.89. The lowest BCUT2D eigenvalue weighted by atomic mass is 10.0. The zero-order chi connectivity index (χ0) is 13.1. The van der Waals surface area contributed by atoms with Gasteiger partial charge in [0.1, 0.15) is 6.10 Å². The monoisotopic (exact) mass is 261 g/mol. The fraction of sp³-hybridized carbons (Fsp3) is 0.571. The third-order valence-electron chi connectivity index (χ3n) is 3.80. The molecule has 0 radical (unpaired) electrons. The van der Waals surface area contributed by atoms with Crippen LogP contribution in [-0.2, 0) is 9.53 Å². The summed E-state index contributed by atoms with van der Waals surface area (Å²) in [5.74, 6) is 0.132. The predicted octanol–water partition coefficient (Wildman–Crippen LogP) is 0.733. The summed E-state index contributed by atoms with van der Waals surface area (Å²) in [7, 11) is 0. The molecule has 0 saturated carbocycles. The minimum atomic E-state index is -0.239. The Morgan fingerprint density at radius 2 is 2.47 bits per heavy atom. The standard InChI is InChI=1S/C14H19N3O2/c18-14(13-4-2-8-19-13)17-7-6-16-10-12(17)11-3-1-5-15-9-11/h1,3,5,9,12-13,16H,2,4,6-8,10H2. The number of carbonyl (C=O) groups is 1. The summed E-state index contributed by atoms with van der Waals surface area (Å²) in [6.07, 6.45) is 5.19. The molecule has 1 aromatic rings. The Morgan fingerprint density at radius 1 is 1.53 bits per heavy atom. The molecule has 0 bridgehead atoms. The molecule has 0 aliphatic carbocycles. The molecule has 2 aliphatic rings. The Balaban J connectivity index is 1.79. The second-order valence-electron chi connectivity index (χ2n) is 5.04. The van der Waals surface area contributed by atoms with Crippen LogP contribution in [0.5, 0.6) is 0 Å². The lowest BCUT2D eigenvalue weighted by Gasteiger charge is -2.37. The van der Waals surface area contributed by atoms with E-state index in [0.717, 1.165) is 38.0 Å². The van der Waals surface area contributed by atoms with Gasteiger partial charge in [-0.3, -0.25) is 9.78 Å². The summed E-state index contributed by atoms with van der Waals surface area (Å²) in [6, 6.07) is 4.01. The number of pyridine rings is 1. The van der Waals surface area contributed by atoms with Crippen LogP contribution in [0.1, 0.15) is 24.4 Å². The summed E-state index contributed by atoms with van der Waals surface area (Å²) < 4.78 is 5.52. The fourth-order valence-corrected chi connectivity index (χ4v) is 2.80. The fourth-order valence-electron chi connectivity index (χ4n) is 2.80. The Hall–Kier alpha value is -1.46. The molecule has 1 N–H and O–H groups in total. The van der Waals surface area contributed by atoms with E-state index < -0.39 is 0 Å². The molecule has 3 rings (SSSR count). The molecule has 3 heterocycles. The Kier molecular flexibility index (Phi) is 3.75. The average molecular weight is 261 g/mol. The second kappa shape index (κ2) is 5.67. The molecule has 0 aromatic carbocycles. The maximum absolute atomic E-state index is 12.5. The van der Waals surface area contributed by atoms with Gasteiger partial charge in [-0.25, -0.2) is 0 Å². The number of aromatic nitrogens is 1. The molecule has 2 unspecified atom stereocenters. The van der Waals surface area contributed by atoms with Crippen LogP contribution in [0.15, 0.2) is 24.5 Å². The first-order chi connectivity index (χ1) is 9.36. The molecular weight excluding hydrogens is 242 g/mol. The SMILES string of the molecule is O=C(C1CCCO1)N1CCNCC1c1cccnc1. The van der Waals surface area contributed by atoms with Crippen LogP contribution < -0.4 is 5.32 Å². The highest BCUT2D eigenvalue weighted by Gasteiger charge is 2.34. The molecular formula is C14H19N3O2. The van der Waals surface area contributed by atoms with Gasteiger partial charge in [-0.15, -0.1) is 0 Å². The van der Waals surface area contributed by atoms with Crippen molar-refractivity contribution in [2.24, 2.45) is 0 Å². The van der Waals surface area contributed by atoms with Gasteiger partial charge in [0.05, 0.1) is 6.04 Å². The van der Waals surface area contributed by atoms with Gasteiger partial charge in [0, 0.05) is 38.6 Å². The van der Waals surface area contributed by atoms with Crippen molar-refractivity contribution in [2.75, 3.05) is 26.2 Å². The molecule has 1 amide bonds. The maximum atomic E-state index is 12.5. The molecule has 1 aromatic heterocycles. The molecule has 102 valence electrons. The minimum absolute atomic E-state index is 0.0687. The van der Waals surface area contributed by atoms with E-state index in [1.54, 1.807) is 6.20 Å². The number of nitrogens with zero attached hydrogens (tertiary/aromatic N) is 2. The lowest BCUT2D eigenvalue weighted by Crippen LogP contribution is -2.51. The van der Waals surface area contributed by atoms with Crippen molar-refractivity contribution in [3.63, 3.8) is 0 Å². The highest BCUT2D eigenvalue weighted by molar-refractivity contribution is 5.81. The van der Waals surface area contributed by atoms with Crippen molar-refractivity contribution >= 4 is 5.91 Å². The topological polar surface area (TPSA) is 54.5 Å². The van der Waals surface area contributed by atoms with Gasteiger partial charge in [0.2, 0.25) is 0 Å². The first kappa shape index (κ1) is 12.6. The number of piperazine rings is 1. The smallest absolute Gasteiger partial charge is 0.252 e. The van der Waals surface area contributed by atoms with Gasteiger partial charge in [-0.1, -0.05) is 6.07 Å². The summed E-state index contributed by atoms with van der Waals surface area (Å²) in [5, 5.41) is 3.35. The van der Waals surface area contributed by atoms with Crippen LogP contribution in [0.3, 0.4) is 0 Å². The van der Waals surface area contributed by atoms with E-state index in [4.69, 9.17) is 4.74 Å². The van der Waals surface area contributed by atoms with Gasteiger partial charge >= 0.3 is 0 Å². The van der Waals surface area contributed by atoms with Crippen LogP contribution in [0.4, 0.5) is 0 Å². The number of nitrogens with one attached hydrogen (secondary N) is 1. The van der Waals surface area contributed by atoms with Gasteiger partial charge in [-0.05, 0) is 24.5 Å². The van der Waals surface area contributed by atoms with E-state index in [-0.39, 0.29) is 18.1 Å². The van der Waals surface area contributed by atoms with Gasteiger partial charge in [0.25, 0.3) is 5.91 Å². The Bertz CT molecular complexity index is 432. The number of carbonyl (C=O) groups excluding carboxylic acids is 1. The molecule has 19 heavy (non-hydrogen) atoms. The summed E-state index contributed by atoms with van der Waals surface area (Å²) in [4.78, 5) is 18.6. The molecule has 2 saturated heterocycles. The number of hydrogen-bond acceptors (Lipinski definition) is 4. The molecule has 5 heteroatoms. The maximum Gasteiger partial charge on any atom is 0.252 e. The summed E-state index contributed by atoms with van der Waals surface area (Å²) >= 11 is 0. The average Bonchev–Trinajstić information content (AvgIpc) is 3.02. The molecule has 0 spiro atoms. The zero-order valence-electron chi connectivity index (χ0n) is 10.9. The van der Waals surface area contributed by atoms with E-state index in [2.05, 4.69) is 10.3 Å². The normalized spacial score (nSPS) is 27.5. The van der Waals surface area contributed by atoms with Gasteiger partial charge < -0.3 is 15.0 Å². The van der Waals surface area contributed by atoms with Gasteiger partial charge in [-0.2, -0.15) is 0 Å². The quantitative estimate of drug-likeness (QED) is 0.853. The lowest BCUT2D eigenvalue weighted by molar-refractivity contribution is -0.144. The number of ether oxygens (including phenoxy) is 1. The van der Waals surface area contributed by atoms with Crippen molar-refractivity contribution in [2.45, 2.75) is 25.0 Å². The third kappa shape index (κ3) is 2.62. The molecule has 2 atom stereocenters. The van der Waals surface area contributed by atoms with E-state index in [1.165, 1.54) is 0 Å². The van der Waals surface area contributed by atoms with E-state index in [1.807, 2.05) is 23.2 Å². The number of rotatable bonds is 2. The van der Waals surface area contributed by atoms with Crippen LogP contribution in [0.25, 0.3) is 0 Å². The van der Waals surface area contributed by atoms with Crippen molar-refractivity contribution in [3.8, 4) is 0 Å². The molecule has 5 nitrogen and oxygen atoms in total. The third-order valence-corrected chi connectivity index (χ3v) is 3.80. The van der Waals surface area contributed by atoms with Crippen LogP contribution in [0, 0.1) is 0 Å². The van der Waals surface area contributed by atoms with E-state index in [9.17, 15) is 4.79 Å². The summed E-state index contributed by atoms with van der Waals surface area (Å²) in [6.45, 7) is 3.07. The highest BCUT2D eigenvalue weighted by atomic mass is 16.5. The van der Waals surface area contributed by atoms with Crippen molar-refractivity contribution in [1.29, 1.82) is 0 Å². The summed E-state index contributed by atoms with van der Waals surface area (Å²) in [5.41, 5.74) is 1.08. The highest BCUT2D eigenvalue weighted by Crippen LogP contribution is 2.25.